The second-order valence-electron chi connectivity index (χ2n) is 7.81. The number of aliphatic hydroxyl groups excluding tert-OH is 1. The van der Waals surface area contributed by atoms with Gasteiger partial charge in [-0.05, 0) is 38.5 Å². The maximum Gasteiger partial charge on any atom is 0.255 e. The van der Waals surface area contributed by atoms with Gasteiger partial charge in [0.1, 0.15) is 11.4 Å². The molecule has 0 spiro atoms. The third-order valence-electron chi connectivity index (χ3n) is 4.76. The monoisotopic (exact) mass is 428 g/mol. The molecule has 1 aliphatic heterocycles. The summed E-state index contributed by atoms with van der Waals surface area (Å²) in [6, 6.07) is 4.72. The van der Waals surface area contributed by atoms with Crippen LogP contribution in [-0.2, 0) is 14.8 Å². The fourth-order valence-corrected chi connectivity index (χ4v) is 4.69. The molecular formula is C20H32N2O6S. The Balaban J connectivity index is 2.42. The maximum atomic E-state index is 12.4. The van der Waals surface area contributed by atoms with Gasteiger partial charge >= 0.3 is 0 Å². The van der Waals surface area contributed by atoms with Gasteiger partial charge in [0.15, 0.2) is 5.75 Å². The van der Waals surface area contributed by atoms with E-state index in [1.54, 1.807) is 25.1 Å². The molecule has 1 aromatic rings. The Morgan fingerprint density at radius 3 is 2.59 bits per heavy atom. The molecule has 0 bridgehead atoms. The number of sulfonamides is 1. The highest BCUT2D eigenvalue weighted by Gasteiger charge is 2.39. The number of fused-ring (bicyclic) bond motifs is 1. The highest BCUT2D eigenvalue weighted by Crippen LogP contribution is 2.44. The first-order valence-electron chi connectivity index (χ1n) is 9.91. The fourth-order valence-electron chi connectivity index (χ4n) is 3.57. The number of carbonyl (C=O) groups excluding carboxylic acids is 1. The largest absolute Gasteiger partial charge is 0.487 e. The van der Waals surface area contributed by atoms with Crippen molar-refractivity contribution in [3.05, 3.63) is 23.8 Å². The van der Waals surface area contributed by atoms with Gasteiger partial charge in [0.05, 0.1) is 25.4 Å². The Morgan fingerprint density at radius 2 is 2.03 bits per heavy atom. The zero-order valence-corrected chi connectivity index (χ0v) is 18.7. The van der Waals surface area contributed by atoms with Crippen LogP contribution in [-0.4, -0.2) is 60.4 Å². The summed E-state index contributed by atoms with van der Waals surface area (Å²) in [6.07, 6.45) is 2.66. The predicted octanol–water partition coefficient (Wildman–Crippen LogP) is 2.49. The minimum atomic E-state index is -3.43. The van der Waals surface area contributed by atoms with Crippen molar-refractivity contribution < 1.29 is 27.9 Å². The van der Waals surface area contributed by atoms with E-state index in [0.717, 1.165) is 5.06 Å². The molecule has 8 nitrogen and oxygen atoms in total. The summed E-state index contributed by atoms with van der Waals surface area (Å²) in [6.45, 7) is 7.70. The lowest BCUT2D eigenvalue weighted by Gasteiger charge is -2.41. The number of hydrogen-bond acceptors (Lipinski definition) is 6. The van der Waals surface area contributed by atoms with Crippen LogP contribution in [0.1, 0.15) is 58.6 Å². The quantitative estimate of drug-likeness (QED) is 0.607. The van der Waals surface area contributed by atoms with Crippen LogP contribution in [0.3, 0.4) is 0 Å². The van der Waals surface area contributed by atoms with Crippen molar-refractivity contribution in [2.45, 2.75) is 58.6 Å². The van der Waals surface area contributed by atoms with E-state index in [9.17, 15) is 18.3 Å². The molecular weight excluding hydrogens is 396 g/mol. The Morgan fingerprint density at radius 1 is 1.34 bits per heavy atom. The normalized spacial score (nSPS) is 18.1. The van der Waals surface area contributed by atoms with Gasteiger partial charge in [-0.1, -0.05) is 13.8 Å². The molecule has 1 amide bonds. The van der Waals surface area contributed by atoms with Crippen molar-refractivity contribution in [2.24, 2.45) is 0 Å². The van der Waals surface area contributed by atoms with E-state index in [0.29, 0.717) is 42.9 Å². The highest BCUT2D eigenvalue weighted by atomic mass is 32.2. The topological polar surface area (TPSA) is 96.4 Å². The third kappa shape index (κ3) is 5.83. The minimum absolute atomic E-state index is 0.0489. The molecule has 29 heavy (non-hydrogen) atoms. The van der Waals surface area contributed by atoms with Crippen LogP contribution in [0.4, 0.5) is 0 Å². The smallest absolute Gasteiger partial charge is 0.255 e. The van der Waals surface area contributed by atoms with Gasteiger partial charge in [-0.2, -0.15) is 9.37 Å². The molecule has 1 atom stereocenters. The molecule has 2 rings (SSSR count). The van der Waals surface area contributed by atoms with Gasteiger partial charge < -0.3 is 14.7 Å². The second kappa shape index (κ2) is 9.32. The lowest BCUT2D eigenvalue weighted by molar-refractivity contribution is -0.159. The Labute approximate surface area is 173 Å². The molecule has 1 N–H and O–H groups in total. The van der Waals surface area contributed by atoms with Gasteiger partial charge in [-0.15, -0.1) is 0 Å². The number of benzene rings is 1. The van der Waals surface area contributed by atoms with E-state index in [1.165, 1.54) is 10.6 Å². The maximum absolute atomic E-state index is 12.4. The average molecular weight is 429 g/mol. The molecule has 1 aliphatic rings. The predicted molar refractivity (Wildman–Crippen MR) is 110 cm³/mol. The summed E-state index contributed by atoms with van der Waals surface area (Å²) < 4.78 is 32.2. The van der Waals surface area contributed by atoms with E-state index in [1.807, 2.05) is 20.8 Å². The van der Waals surface area contributed by atoms with Gasteiger partial charge in [0, 0.05) is 24.9 Å². The first kappa shape index (κ1) is 23.4. The SMILES string of the molecule is CCCC(=O)N(CCO)Oc1ccc2c(c1)C(N(CC)S(C)(=O)=O)CC(C)(C)O2. The first-order valence-corrected chi connectivity index (χ1v) is 11.8. The molecule has 0 saturated carbocycles. The number of ether oxygens (including phenoxy) is 1. The number of nitrogens with zero attached hydrogens (tertiary/aromatic N) is 2. The van der Waals surface area contributed by atoms with Crippen LogP contribution in [0.15, 0.2) is 18.2 Å². The van der Waals surface area contributed by atoms with E-state index in [4.69, 9.17) is 9.57 Å². The molecule has 0 radical (unpaired) electrons. The van der Waals surface area contributed by atoms with Crippen molar-refractivity contribution in [2.75, 3.05) is 26.0 Å². The molecule has 1 heterocycles. The van der Waals surface area contributed by atoms with Gasteiger partial charge in [-0.3, -0.25) is 4.79 Å². The first-order chi connectivity index (χ1) is 13.5. The zero-order chi connectivity index (χ0) is 21.8. The average Bonchev–Trinajstić information content (AvgIpc) is 2.60. The van der Waals surface area contributed by atoms with Crippen molar-refractivity contribution in [3.8, 4) is 11.5 Å². The summed E-state index contributed by atoms with van der Waals surface area (Å²) in [5, 5.41) is 10.4. The molecule has 1 aromatic carbocycles. The van der Waals surface area contributed by atoms with Crippen LogP contribution < -0.4 is 9.57 Å². The molecule has 1 unspecified atom stereocenters. The Hall–Kier alpha value is -1.84. The minimum Gasteiger partial charge on any atom is -0.487 e. The standard InChI is InChI=1S/C20H32N2O6S/c1-6-8-19(24)21(11-12-23)28-15-9-10-18-16(13-15)17(14-20(3,4)27-18)22(7-2)29(5,25)26/h9-10,13,17,23H,6-8,11-12,14H2,1-5H3. The van der Waals surface area contributed by atoms with Crippen LogP contribution in [0.25, 0.3) is 0 Å². The summed E-state index contributed by atoms with van der Waals surface area (Å²) >= 11 is 0. The van der Waals surface area contributed by atoms with E-state index in [-0.39, 0.29) is 19.1 Å². The molecule has 0 saturated heterocycles. The fraction of sp³-hybridized carbons (Fsp3) is 0.650. The molecule has 0 aliphatic carbocycles. The van der Waals surface area contributed by atoms with Gasteiger partial charge in [-0.25, -0.2) is 8.42 Å². The van der Waals surface area contributed by atoms with Crippen LogP contribution in [0.5, 0.6) is 11.5 Å². The summed E-state index contributed by atoms with van der Waals surface area (Å²) in [5.41, 5.74) is 0.166. The summed E-state index contributed by atoms with van der Waals surface area (Å²) in [5.74, 6) is 0.758. The van der Waals surface area contributed by atoms with Crippen molar-refractivity contribution in [1.29, 1.82) is 0 Å². The van der Waals surface area contributed by atoms with Crippen LogP contribution in [0, 0.1) is 0 Å². The zero-order valence-electron chi connectivity index (χ0n) is 17.8. The van der Waals surface area contributed by atoms with E-state index in [2.05, 4.69) is 0 Å². The third-order valence-corrected chi connectivity index (χ3v) is 6.12. The second-order valence-corrected chi connectivity index (χ2v) is 9.74. The number of amides is 1. The number of aliphatic hydroxyl groups is 1. The molecule has 9 heteroatoms. The van der Waals surface area contributed by atoms with Crippen LogP contribution in [0.2, 0.25) is 0 Å². The van der Waals surface area contributed by atoms with Crippen molar-refractivity contribution in [1.82, 2.24) is 9.37 Å². The molecule has 164 valence electrons. The molecule has 0 fully saturated rings. The van der Waals surface area contributed by atoms with Crippen molar-refractivity contribution in [3.63, 3.8) is 0 Å². The Kier molecular flexibility index (Phi) is 7.53. The van der Waals surface area contributed by atoms with Gasteiger partial charge in [0.25, 0.3) is 5.91 Å². The van der Waals surface area contributed by atoms with E-state index >= 15 is 0 Å². The molecule has 0 aromatic heterocycles. The summed E-state index contributed by atoms with van der Waals surface area (Å²) in [7, 11) is -3.43. The van der Waals surface area contributed by atoms with Gasteiger partial charge in [0.2, 0.25) is 10.0 Å². The highest BCUT2D eigenvalue weighted by molar-refractivity contribution is 7.88. The summed E-state index contributed by atoms with van der Waals surface area (Å²) in [4.78, 5) is 18.0. The lowest BCUT2D eigenvalue weighted by atomic mass is 9.89. The number of rotatable bonds is 9. The number of carbonyl (C=O) groups is 1. The van der Waals surface area contributed by atoms with Crippen molar-refractivity contribution >= 4 is 15.9 Å². The number of hydroxylamine groups is 2. The lowest BCUT2D eigenvalue weighted by Crippen LogP contribution is -2.43. The number of hydrogen-bond donors (Lipinski definition) is 1. The Bertz CT molecular complexity index is 824. The van der Waals surface area contributed by atoms with Crippen LogP contribution >= 0.6 is 0 Å². The van der Waals surface area contributed by atoms with E-state index < -0.39 is 21.7 Å².